The van der Waals surface area contributed by atoms with Gasteiger partial charge in [-0.1, -0.05) is 0 Å². The van der Waals surface area contributed by atoms with Gasteiger partial charge in [0, 0.05) is 28.5 Å². The van der Waals surface area contributed by atoms with E-state index in [1.165, 1.54) is 22.7 Å². The number of amides is 1. The van der Waals surface area contributed by atoms with Crippen molar-refractivity contribution in [3.63, 3.8) is 0 Å². The number of rotatable bonds is 4. The maximum atomic E-state index is 13.7. The molecule has 0 radical (unpaired) electrons. The van der Waals surface area contributed by atoms with Gasteiger partial charge in [0.15, 0.2) is 0 Å². The number of nitro benzene ring substituents is 1. The lowest BCUT2D eigenvalue weighted by Gasteiger charge is -2.04. The Kier molecular flexibility index (Phi) is 4.13. The second-order valence-electron chi connectivity index (χ2n) is 4.43. The third kappa shape index (κ3) is 3.25. The molecule has 0 saturated carbocycles. The molecule has 6 nitrogen and oxygen atoms in total. The molecule has 0 aliphatic heterocycles. The van der Waals surface area contributed by atoms with Crippen LogP contribution in [0.1, 0.15) is 10.5 Å². The Labute approximate surface area is 137 Å². The molecule has 0 saturated heterocycles. The number of benzene rings is 1. The molecule has 0 aliphatic carbocycles. The van der Waals surface area contributed by atoms with Gasteiger partial charge in [0.1, 0.15) is 16.5 Å². The predicted molar refractivity (Wildman–Crippen MR) is 86.4 cm³/mol. The summed E-state index contributed by atoms with van der Waals surface area (Å²) in [4.78, 5) is 26.4. The normalized spacial score (nSPS) is 10.5. The smallest absolute Gasteiger partial charge is 0.275 e. The Morgan fingerprint density at radius 2 is 2.13 bits per heavy atom. The van der Waals surface area contributed by atoms with Crippen molar-refractivity contribution < 1.29 is 14.1 Å². The minimum absolute atomic E-state index is 0.127. The molecule has 23 heavy (non-hydrogen) atoms. The molecule has 2 heterocycles. The molecule has 1 aromatic carbocycles. The third-order valence-corrected chi connectivity index (χ3v) is 4.49. The van der Waals surface area contributed by atoms with Gasteiger partial charge in [-0.15, -0.1) is 11.3 Å². The number of nitrogens with zero attached hydrogens (tertiary/aromatic N) is 2. The molecule has 0 aliphatic rings. The van der Waals surface area contributed by atoms with Crippen LogP contribution >= 0.6 is 22.7 Å². The van der Waals surface area contributed by atoms with E-state index >= 15 is 0 Å². The minimum atomic E-state index is -0.753. The number of nitrogens with one attached hydrogen (secondary N) is 1. The number of thiazole rings is 1. The molecule has 116 valence electrons. The van der Waals surface area contributed by atoms with Crippen molar-refractivity contribution >= 4 is 40.0 Å². The summed E-state index contributed by atoms with van der Waals surface area (Å²) in [5.41, 5.74) is 0.468. The van der Waals surface area contributed by atoms with Gasteiger partial charge in [-0.25, -0.2) is 9.37 Å². The van der Waals surface area contributed by atoms with Gasteiger partial charge < -0.3 is 5.32 Å². The average molecular weight is 349 g/mol. The van der Waals surface area contributed by atoms with Gasteiger partial charge in [0.2, 0.25) is 0 Å². The summed E-state index contributed by atoms with van der Waals surface area (Å²) in [7, 11) is 0. The second kappa shape index (κ2) is 6.23. The van der Waals surface area contributed by atoms with Crippen molar-refractivity contribution in [2.45, 2.75) is 0 Å². The third-order valence-electron chi connectivity index (χ3n) is 2.91. The van der Waals surface area contributed by atoms with Crippen molar-refractivity contribution in [2.24, 2.45) is 0 Å². The number of carbonyl (C=O) groups is 1. The van der Waals surface area contributed by atoms with Crippen molar-refractivity contribution in [3.8, 4) is 10.6 Å². The number of halogens is 1. The number of hydrogen-bond acceptors (Lipinski definition) is 6. The lowest BCUT2D eigenvalue weighted by atomic mass is 10.2. The molecule has 0 atom stereocenters. The Bertz CT molecular complexity index is 877. The summed E-state index contributed by atoms with van der Waals surface area (Å²) in [6.45, 7) is 0. The zero-order valence-corrected chi connectivity index (χ0v) is 13.0. The molecule has 0 spiro atoms. The molecule has 3 aromatic rings. The maximum Gasteiger partial charge on any atom is 0.275 e. The fourth-order valence-corrected chi connectivity index (χ4v) is 3.32. The van der Waals surface area contributed by atoms with Crippen LogP contribution in [0.3, 0.4) is 0 Å². The molecule has 2 aromatic heterocycles. The Morgan fingerprint density at radius 1 is 1.30 bits per heavy atom. The molecule has 3 rings (SSSR count). The fourth-order valence-electron chi connectivity index (χ4n) is 1.81. The summed E-state index contributed by atoms with van der Waals surface area (Å²) in [5, 5.41) is 19.1. The summed E-state index contributed by atoms with van der Waals surface area (Å²) in [5.74, 6) is -1.38. The van der Waals surface area contributed by atoms with Crippen LogP contribution in [0, 0.1) is 15.9 Å². The molecular formula is C14H8FN3O3S2. The number of non-ortho nitro benzene ring substituents is 1. The molecule has 0 bridgehead atoms. The largest absolute Gasteiger partial charge is 0.318 e. The van der Waals surface area contributed by atoms with Gasteiger partial charge in [0.25, 0.3) is 11.6 Å². The lowest BCUT2D eigenvalue weighted by Crippen LogP contribution is -2.13. The highest BCUT2D eigenvalue weighted by molar-refractivity contribution is 7.14. The van der Waals surface area contributed by atoms with Crippen LogP contribution in [0.5, 0.6) is 0 Å². The van der Waals surface area contributed by atoms with Crippen molar-refractivity contribution in [1.29, 1.82) is 0 Å². The minimum Gasteiger partial charge on any atom is -0.318 e. The van der Waals surface area contributed by atoms with E-state index < -0.39 is 16.6 Å². The van der Waals surface area contributed by atoms with Gasteiger partial charge in [-0.05, 0) is 17.5 Å². The number of nitro groups is 1. The summed E-state index contributed by atoms with van der Waals surface area (Å²) >= 11 is 2.80. The topological polar surface area (TPSA) is 85.1 Å². The Balaban J connectivity index is 1.82. The standard InChI is InChI=1S/C14H8FN3O3S2/c15-10-2-1-9(18(20)21)5-11(10)16-13(19)12-7-23-14(17-12)8-3-4-22-6-8/h1-7H,(H,16,19). The van der Waals surface area contributed by atoms with Crippen LogP contribution in [0.4, 0.5) is 15.8 Å². The first kappa shape index (κ1) is 15.3. The van der Waals surface area contributed by atoms with Gasteiger partial charge in [0.05, 0.1) is 10.6 Å². The molecule has 1 amide bonds. The van der Waals surface area contributed by atoms with E-state index in [0.29, 0.717) is 5.01 Å². The monoisotopic (exact) mass is 349 g/mol. The number of aromatic nitrogens is 1. The molecule has 9 heteroatoms. The predicted octanol–water partition coefficient (Wildman–Crippen LogP) is 4.17. The van der Waals surface area contributed by atoms with E-state index in [1.807, 2.05) is 16.8 Å². The first-order chi connectivity index (χ1) is 11.0. The number of thiophene rings is 1. The summed E-state index contributed by atoms with van der Waals surface area (Å²) in [6.07, 6.45) is 0. The van der Waals surface area contributed by atoms with E-state index in [-0.39, 0.29) is 17.1 Å². The average Bonchev–Trinajstić information content (AvgIpc) is 3.20. The second-order valence-corrected chi connectivity index (χ2v) is 6.06. The fraction of sp³-hybridized carbons (Fsp3) is 0. The number of anilines is 1. The molecular weight excluding hydrogens is 341 g/mol. The first-order valence-electron chi connectivity index (χ1n) is 6.28. The highest BCUT2D eigenvalue weighted by Crippen LogP contribution is 2.27. The Hall–Kier alpha value is -2.65. The number of hydrogen-bond donors (Lipinski definition) is 1. The van der Waals surface area contributed by atoms with Gasteiger partial charge in [-0.3, -0.25) is 14.9 Å². The lowest BCUT2D eigenvalue weighted by molar-refractivity contribution is -0.384. The highest BCUT2D eigenvalue weighted by Gasteiger charge is 2.16. The SMILES string of the molecule is O=C(Nc1cc([N+](=O)[O-])ccc1F)c1csc(-c2ccsc2)n1. The molecule has 0 unspecified atom stereocenters. The zero-order valence-electron chi connectivity index (χ0n) is 11.4. The van der Waals surface area contributed by atoms with Crippen LogP contribution in [-0.2, 0) is 0 Å². The van der Waals surface area contributed by atoms with Crippen LogP contribution in [0.15, 0.2) is 40.4 Å². The summed E-state index contributed by atoms with van der Waals surface area (Å²) in [6, 6.07) is 4.82. The summed E-state index contributed by atoms with van der Waals surface area (Å²) < 4.78 is 13.7. The quantitative estimate of drug-likeness (QED) is 0.566. The van der Waals surface area contributed by atoms with Crippen LogP contribution in [0.2, 0.25) is 0 Å². The van der Waals surface area contributed by atoms with E-state index in [4.69, 9.17) is 0 Å². The molecule has 0 fully saturated rings. The van der Waals surface area contributed by atoms with E-state index in [0.717, 1.165) is 23.8 Å². The van der Waals surface area contributed by atoms with Crippen LogP contribution in [0.25, 0.3) is 10.6 Å². The van der Waals surface area contributed by atoms with Crippen LogP contribution < -0.4 is 5.32 Å². The zero-order chi connectivity index (χ0) is 16.4. The number of carbonyl (C=O) groups excluding carboxylic acids is 1. The van der Waals surface area contributed by atoms with E-state index in [9.17, 15) is 19.3 Å². The highest BCUT2D eigenvalue weighted by atomic mass is 32.1. The van der Waals surface area contributed by atoms with Crippen molar-refractivity contribution in [3.05, 3.63) is 62.0 Å². The van der Waals surface area contributed by atoms with E-state index in [2.05, 4.69) is 10.3 Å². The first-order valence-corrected chi connectivity index (χ1v) is 8.10. The Morgan fingerprint density at radius 3 is 2.83 bits per heavy atom. The van der Waals surface area contributed by atoms with E-state index in [1.54, 1.807) is 5.38 Å². The van der Waals surface area contributed by atoms with Crippen molar-refractivity contribution in [1.82, 2.24) is 4.98 Å². The maximum absolute atomic E-state index is 13.7. The van der Waals surface area contributed by atoms with Crippen molar-refractivity contribution in [2.75, 3.05) is 5.32 Å². The van der Waals surface area contributed by atoms with Crippen LogP contribution in [-0.4, -0.2) is 15.8 Å². The van der Waals surface area contributed by atoms with Gasteiger partial charge in [-0.2, -0.15) is 11.3 Å². The molecule has 1 N–H and O–H groups in total. The van der Waals surface area contributed by atoms with Gasteiger partial charge >= 0.3 is 0 Å².